The van der Waals surface area contributed by atoms with Crippen LogP contribution in [0.1, 0.15) is 28.7 Å². The van der Waals surface area contributed by atoms with Crippen LogP contribution in [0.4, 0.5) is 5.69 Å². The number of rotatable bonds is 3. The maximum atomic E-state index is 11.7. The fourth-order valence-electron chi connectivity index (χ4n) is 1.64. The molecule has 5 heteroatoms. The van der Waals surface area contributed by atoms with Crippen LogP contribution in [0.3, 0.4) is 0 Å². The van der Waals surface area contributed by atoms with Gasteiger partial charge in [0.25, 0.3) is 5.91 Å². The van der Waals surface area contributed by atoms with Gasteiger partial charge >= 0.3 is 0 Å². The quantitative estimate of drug-likeness (QED) is 0.846. The van der Waals surface area contributed by atoms with Crippen LogP contribution in [0.15, 0.2) is 24.5 Å². The van der Waals surface area contributed by atoms with Crippen LogP contribution < -0.4 is 5.32 Å². The normalized spacial score (nSPS) is 10.2. The van der Waals surface area contributed by atoms with Crippen molar-refractivity contribution in [2.24, 2.45) is 0 Å². The summed E-state index contributed by atoms with van der Waals surface area (Å²) in [4.78, 5) is 15.5. The topological polar surface area (TPSA) is 70.7 Å². The molecule has 0 saturated heterocycles. The van der Waals surface area contributed by atoms with Crippen LogP contribution in [0, 0.1) is 6.92 Å². The van der Waals surface area contributed by atoms with Crippen LogP contribution >= 0.6 is 0 Å². The van der Waals surface area contributed by atoms with Crippen molar-refractivity contribution in [3.05, 3.63) is 41.5 Å². The lowest BCUT2D eigenvalue weighted by molar-refractivity contribution is 0.101. The molecule has 1 aromatic heterocycles. The Morgan fingerprint density at radius 2 is 2.24 bits per heavy atom. The Labute approximate surface area is 99.3 Å². The molecule has 0 spiro atoms. The van der Waals surface area contributed by atoms with Crippen molar-refractivity contribution in [1.82, 2.24) is 15.2 Å². The van der Waals surface area contributed by atoms with Crippen molar-refractivity contribution < 1.29 is 4.79 Å². The highest BCUT2D eigenvalue weighted by Crippen LogP contribution is 2.15. The Kier molecular flexibility index (Phi) is 3.18. The molecule has 88 valence electrons. The summed E-state index contributed by atoms with van der Waals surface area (Å²) in [6, 6.07) is 5.98. The third kappa shape index (κ3) is 2.69. The first-order valence-electron chi connectivity index (χ1n) is 5.46. The number of amides is 1. The molecule has 2 N–H and O–H groups in total. The Morgan fingerprint density at radius 3 is 2.88 bits per heavy atom. The van der Waals surface area contributed by atoms with Gasteiger partial charge in [-0.2, -0.15) is 5.10 Å². The maximum absolute atomic E-state index is 11.7. The zero-order valence-electron chi connectivity index (χ0n) is 9.82. The first-order chi connectivity index (χ1) is 8.19. The molecule has 0 aliphatic carbocycles. The minimum absolute atomic E-state index is 0.213. The van der Waals surface area contributed by atoms with Crippen molar-refractivity contribution in [3.8, 4) is 0 Å². The molecule has 0 saturated carbocycles. The summed E-state index contributed by atoms with van der Waals surface area (Å²) >= 11 is 0. The number of hydrogen-bond acceptors (Lipinski definition) is 3. The molecule has 0 fully saturated rings. The fraction of sp³-hybridized carbons (Fsp3) is 0.250. The molecule has 0 unspecified atom stereocenters. The van der Waals surface area contributed by atoms with Crippen molar-refractivity contribution in [1.29, 1.82) is 0 Å². The van der Waals surface area contributed by atoms with Crippen LogP contribution in [-0.2, 0) is 6.42 Å². The maximum Gasteiger partial charge on any atom is 0.292 e. The molecular weight excluding hydrogens is 216 g/mol. The number of carbonyl (C=O) groups excluding carboxylic acids is 1. The standard InChI is InChI=1S/C12H14N4O/c1-3-9-4-8(2)5-10(6-9)15-12(17)11-13-7-14-16-11/h4-7H,3H2,1-2H3,(H,15,17)(H,13,14,16). The number of nitrogens with one attached hydrogen (secondary N) is 2. The van der Waals surface area contributed by atoms with Gasteiger partial charge in [-0.1, -0.05) is 13.0 Å². The first-order valence-corrected chi connectivity index (χ1v) is 5.46. The molecule has 0 aliphatic heterocycles. The SMILES string of the molecule is CCc1cc(C)cc(NC(=O)c2ncn[nH]2)c1. The molecule has 1 amide bonds. The lowest BCUT2D eigenvalue weighted by Crippen LogP contribution is -2.14. The Hall–Kier alpha value is -2.17. The number of anilines is 1. The molecule has 0 aliphatic rings. The van der Waals surface area contributed by atoms with Crippen LogP contribution in [0.5, 0.6) is 0 Å². The van der Waals surface area contributed by atoms with Gasteiger partial charge in [-0.15, -0.1) is 0 Å². The Morgan fingerprint density at radius 1 is 1.41 bits per heavy atom. The Bertz CT molecular complexity index is 519. The Balaban J connectivity index is 2.18. The number of hydrogen-bond donors (Lipinski definition) is 2. The summed E-state index contributed by atoms with van der Waals surface area (Å²) in [5.74, 6) is -0.0697. The van der Waals surface area contributed by atoms with Gasteiger partial charge in [0.15, 0.2) is 0 Å². The largest absolute Gasteiger partial charge is 0.319 e. The highest BCUT2D eigenvalue weighted by atomic mass is 16.2. The average molecular weight is 230 g/mol. The summed E-state index contributed by atoms with van der Waals surface area (Å²) in [6.07, 6.45) is 2.25. The van der Waals surface area contributed by atoms with Gasteiger partial charge in [-0.05, 0) is 36.6 Å². The third-order valence-electron chi connectivity index (χ3n) is 2.43. The van der Waals surface area contributed by atoms with E-state index in [2.05, 4.69) is 33.5 Å². The van der Waals surface area contributed by atoms with E-state index >= 15 is 0 Å². The molecule has 2 rings (SSSR count). The number of benzene rings is 1. The van der Waals surface area contributed by atoms with Crippen molar-refractivity contribution >= 4 is 11.6 Å². The number of H-pyrrole nitrogens is 1. The third-order valence-corrected chi connectivity index (χ3v) is 2.43. The summed E-state index contributed by atoms with van der Waals surface area (Å²) in [7, 11) is 0. The zero-order valence-corrected chi connectivity index (χ0v) is 9.82. The summed E-state index contributed by atoms with van der Waals surface area (Å²) in [5, 5.41) is 8.95. The molecule has 1 aromatic carbocycles. The molecular formula is C12H14N4O. The van der Waals surface area contributed by atoms with Gasteiger partial charge in [-0.3, -0.25) is 9.89 Å². The molecule has 17 heavy (non-hydrogen) atoms. The number of aromatic nitrogens is 3. The second kappa shape index (κ2) is 4.78. The minimum atomic E-state index is -0.282. The van der Waals surface area contributed by atoms with Crippen molar-refractivity contribution in [2.75, 3.05) is 5.32 Å². The predicted octanol–water partition coefficient (Wildman–Crippen LogP) is 1.93. The van der Waals surface area contributed by atoms with E-state index in [9.17, 15) is 4.79 Å². The monoisotopic (exact) mass is 230 g/mol. The molecule has 0 bridgehead atoms. The summed E-state index contributed by atoms with van der Waals surface area (Å²) in [5.41, 5.74) is 3.10. The smallest absolute Gasteiger partial charge is 0.292 e. The van der Waals surface area contributed by atoms with Gasteiger partial charge < -0.3 is 5.32 Å². The summed E-state index contributed by atoms with van der Waals surface area (Å²) in [6.45, 7) is 4.08. The van der Waals surface area contributed by atoms with Gasteiger partial charge in [-0.25, -0.2) is 4.98 Å². The molecule has 0 radical (unpaired) electrons. The van der Waals surface area contributed by atoms with Gasteiger partial charge in [0, 0.05) is 5.69 Å². The summed E-state index contributed by atoms with van der Waals surface area (Å²) < 4.78 is 0. The van der Waals surface area contributed by atoms with Crippen molar-refractivity contribution in [3.63, 3.8) is 0 Å². The van der Waals surface area contributed by atoms with E-state index in [-0.39, 0.29) is 11.7 Å². The van der Waals surface area contributed by atoms with Gasteiger partial charge in [0.1, 0.15) is 6.33 Å². The van der Waals surface area contributed by atoms with E-state index in [0.29, 0.717) is 0 Å². The van der Waals surface area contributed by atoms with E-state index in [1.54, 1.807) is 0 Å². The molecule has 5 nitrogen and oxygen atoms in total. The predicted molar refractivity (Wildman–Crippen MR) is 64.9 cm³/mol. The molecule has 1 heterocycles. The molecule has 0 atom stereocenters. The van der Waals surface area contributed by atoms with E-state index in [1.165, 1.54) is 11.9 Å². The minimum Gasteiger partial charge on any atom is -0.319 e. The highest BCUT2D eigenvalue weighted by molar-refractivity contribution is 6.01. The van der Waals surface area contributed by atoms with Crippen LogP contribution in [0.25, 0.3) is 0 Å². The lowest BCUT2D eigenvalue weighted by Gasteiger charge is -2.07. The second-order valence-corrected chi connectivity index (χ2v) is 3.85. The zero-order chi connectivity index (χ0) is 12.3. The fourth-order valence-corrected chi connectivity index (χ4v) is 1.64. The van der Waals surface area contributed by atoms with Crippen LogP contribution in [-0.4, -0.2) is 21.1 Å². The van der Waals surface area contributed by atoms with Crippen LogP contribution in [0.2, 0.25) is 0 Å². The van der Waals surface area contributed by atoms with E-state index in [0.717, 1.165) is 17.7 Å². The number of aromatic amines is 1. The highest BCUT2D eigenvalue weighted by Gasteiger charge is 2.09. The number of aryl methyl sites for hydroxylation is 2. The van der Waals surface area contributed by atoms with E-state index in [4.69, 9.17) is 0 Å². The molecule has 2 aromatic rings. The number of nitrogens with zero attached hydrogens (tertiary/aromatic N) is 2. The van der Waals surface area contributed by atoms with Crippen molar-refractivity contribution in [2.45, 2.75) is 20.3 Å². The average Bonchev–Trinajstić information content (AvgIpc) is 2.81. The van der Waals surface area contributed by atoms with Gasteiger partial charge in [0.05, 0.1) is 0 Å². The van der Waals surface area contributed by atoms with E-state index < -0.39 is 0 Å². The first kappa shape index (κ1) is 11.3. The van der Waals surface area contributed by atoms with Gasteiger partial charge in [0.2, 0.25) is 5.82 Å². The second-order valence-electron chi connectivity index (χ2n) is 3.85. The van der Waals surface area contributed by atoms with E-state index in [1.807, 2.05) is 19.1 Å². The number of carbonyl (C=O) groups is 1. The lowest BCUT2D eigenvalue weighted by atomic mass is 10.1.